The van der Waals surface area contributed by atoms with E-state index in [2.05, 4.69) is 37.4 Å². The molecule has 1 aliphatic rings. The Labute approximate surface area is 188 Å². The molecule has 0 saturated carbocycles. The number of nitrogens with one attached hydrogen (secondary N) is 1. The SMILES string of the molecule is CCOc1cccc([C@H]2CC(c3ccc(Cl)cc3)=N[C@H](c3ccc(C)cc3C)N2)c1O. The van der Waals surface area contributed by atoms with E-state index >= 15 is 0 Å². The van der Waals surface area contributed by atoms with Crippen LogP contribution in [0, 0.1) is 13.8 Å². The van der Waals surface area contributed by atoms with Crippen LogP contribution in [0.4, 0.5) is 0 Å². The quantitative estimate of drug-likeness (QED) is 0.496. The molecule has 2 atom stereocenters. The van der Waals surface area contributed by atoms with Gasteiger partial charge in [-0.25, -0.2) is 0 Å². The summed E-state index contributed by atoms with van der Waals surface area (Å²) in [5.41, 5.74) is 6.35. The average Bonchev–Trinajstić information content (AvgIpc) is 2.75. The van der Waals surface area contributed by atoms with E-state index in [0.29, 0.717) is 23.8 Å². The van der Waals surface area contributed by atoms with Gasteiger partial charge in [0.2, 0.25) is 0 Å². The molecule has 0 saturated heterocycles. The molecular formula is C26H27ClN2O2. The van der Waals surface area contributed by atoms with Crippen LogP contribution in [0.2, 0.25) is 5.02 Å². The summed E-state index contributed by atoms with van der Waals surface area (Å²) < 4.78 is 5.61. The zero-order valence-corrected chi connectivity index (χ0v) is 18.8. The first-order chi connectivity index (χ1) is 15.0. The molecule has 0 aliphatic carbocycles. The predicted octanol–water partition coefficient (Wildman–Crippen LogP) is 6.28. The second kappa shape index (κ2) is 9.13. The van der Waals surface area contributed by atoms with Crippen molar-refractivity contribution < 1.29 is 9.84 Å². The molecule has 0 spiro atoms. The second-order valence-electron chi connectivity index (χ2n) is 7.90. The zero-order valence-electron chi connectivity index (χ0n) is 18.0. The summed E-state index contributed by atoms with van der Waals surface area (Å²) in [5, 5.41) is 15.2. The van der Waals surface area contributed by atoms with Gasteiger partial charge in [0.25, 0.3) is 0 Å². The fourth-order valence-electron chi connectivity index (χ4n) is 4.11. The molecule has 160 valence electrons. The molecule has 4 nitrogen and oxygen atoms in total. The van der Waals surface area contributed by atoms with Crippen LogP contribution >= 0.6 is 11.6 Å². The highest BCUT2D eigenvalue weighted by atomic mass is 35.5. The smallest absolute Gasteiger partial charge is 0.162 e. The van der Waals surface area contributed by atoms with E-state index < -0.39 is 0 Å². The maximum Gasteiger partial charge on any atom is 0.162 e. The fourth-order valence-corrected chi connectivity index (χ4v) is 4.23. The fraction of sp³-hybridized carbons (Fsp3) is 0.269. The van der Waals surface area contributed by atoms with Crippen molar-refractivity contribution in [2.75, 3.05) is 6.61 Å². The van der Waals surface area contributed by atoms with Gasteiger partial charge in [-0.1, -0.05) is 59.6 Å². The van der Waals surface area contributed by atoms with Crippen molar-refractivity contribution in [3.8, 4) is 11.5 Å². The topological polar surface area (TPSA) is 53.8 Å². The van der Waals surface area contributed by atoms with E-state index in [0.717, 1.165) is 22.4 Å². The highest BCUT2D eigenvalue weighted by Gasteiger charge is 2.29. The van der Waals surface area contributed by atoms with Gasteiger partial charge in [-0.05, 0) is 55.7 Å². The molecule has 0 radical (unpaired) electrons. The van der Waals surface area contributed by atoms with Crippen LogP contribution in [0.5, 0.6) is 11.5 Å². The number of halogens is 1. The summed E-state index contributed by atoms with van der Waals surface area (Å²) in [6.07, 6.45) is 0.423. The van der Waals surface area contributed by atoms with Crippen LogP contribution in [-0.2, 0) is 0 Å². The van der Waals surface area contributed by atoms with Crippen molar-refractivity contribution in [3.05, 3.63) is 93.5 Å². The largest absolute Gasteiger partial charge is 0.504 e. The lowest BCUT2D eigenvalue weighted by Gasteiger charge is -2.32. The number of benzene rings is 3. The summed E-state index contributed by atoms with van der Waals surface area (Å²) in [4.78, 5) is 5.06. The average molecular weight is 435 g/mol. The standard InChI is InChI=1S/C26H27ClN2O2/c1-4-31-24-7-5-6-21(25(24)30)23-15-22(18-9-11-19(27)12-10-18)28-26(29-23)20-13-8-16(2)14-17(20)3/h5-14,23,26,29-30H,4,15H2,1-3H3/t23-,26+/m1/s1. The number of ether oxygens (including phenoxy) is 1. The lowest BCUT2D eigenvalue weighted by atomic mass is 9.92. The Hall–Kier alpha value is -2.82. The molecule has 0 fully saturated rings. The maximum atomic E-state index is 10.9. The lowest BCUT2D eigenvalue weighted by Crippen LogP contribution is -2.33. The van der Waals surface area contributed by atoms with Crippen molar-refractivity contribution in [1.82, 2.24) is 5.32 Å². The minimum Gasteiger partial charge on any atom is -0.504 e. The number of aryl methyl sites for hydroxylation is 2. The van der Waals surface area contributed by atoms with E-state index in [1.807, 2.05) is 43.3 Å². The van der Waals surface area contributed by atoms with E-state index in [1.54, 1.807) is 6.07 Å². The molecule has 4 rings (SSSR count). The number of aliphatic imine (C=N–C) groups is 1. The van der Waals surface area contributed by atoms with E-state index in [1.165, 1.54) is 11.1 Å². The third-order valence-corrected chi connectivity index (χ3v) is 5.90. The zero-order chi connectivity index (χ0) is 22.0. The Morgan fingerprint density at radius 1 is 1.06 bits per heavy atom. The van der Waals surface area contributed by atoms with Gasteiger partial charge in [-0.15, -0.1) is 0 Å². The van der Waals surface area contributed by atoms with Gasteiger partial charge < -0.3 is 9.84 Å². The van der Waals surface area contributed by atoms with E-state index in [4.69, 9.17) is 21.3 Å². The first-order valence-corrected chi connectivity index (χ1v) is 10.9. The number of nitrogens with zero attached hydrogens (tertiary/aromatic N) is 1. The Kier molecular flexibility index (Phi) is 6.30. The summed E-state index contributed by atoms with van der Waals surface area (Å²) in [6.45, 7) is 6.61. The van der Waals surface area contributed by atoms with Crippen molar-refractivity contribution in [2.45, 2.75) is 39.4 Å². The molecule has 1 heterocycles. The van der Waals surface area contributed by atoms with Gasteiger partial charge in [0.15, 0.2) is 11.5 Å². The molecule has 2 N–H and O–H groups in total. The Morgan fingerprint density at radius 2 is 1.84 bits per heavy atom. The van der Waals surface area contributed by atoms with Gasteiger partial charge in [-0.3, -0.25) is 10.3 Å². The number of phenols is 1. The van der Waals surface area contributed by atoms with Crippen molar-refractivity contribution in [2.24, 2.45) is 4.99 Å². The summed E-state index contributed by atoms with van der Waals surface area (Å²) in [6, 6.07) is 19.7. The summed E-state index contributed by atoms with van der Waals surface area (Å²) >= 11 is 6.10. The molecule has 3 aromatic carbocycles. The highest BCUT2D eigenvalue weighted by molar-refractivity contribution is 6.30. The molecule has 3 aromatic rings. The normalized spacial score (nSPS) is 18.5. The third-order valence-electron chi connectivity index (χ3n) is 5.64. The number of hydrogen-bond donors (Lipinski definition) is 2. The Balaban J connectivity index is 1.77. The molecule has 0 bridgehead atoms. The highest BCUT2D eigenvalue weighted by Crippen LogP contribution is 2.39. The molecule has 1 aliphatic heterocycles. The van der Waals surface area contributed by atoms with Crippen molar-refractivity contribution in [3.63, 3.8) is 0 Å². The number of rotatable bonds is 5. The molecular weight excluding hydrogens is 408 g/mol. The van der Waals surface area contributed by atoms with Crippen LogP contribution in [0.15, 0.2) is 65.7 Å². The first kappa shape index (κ1) is 21.4. The van der Waals surface area contributed by atoms with E-state index in [9.17, 15) is 5.11 Å². The van der Waals surface area contributed by atoms with E-state index in [-0.39, 0.29) is 18.0 Å². The van der Waals surface area contributed by atoms with Gasteiger partial charge in [0, 0.05) is 28.8 Å². The van der Waals surface area contributed by atoms with Crippen LogP contribution in [0.1, 0.15) is 53.4 Å². The molecule has 5 heteroatoms. The van der Waals surface area contributed by atoms with Crippen molar-refractivity contribution in [1.29, 1.82) is 0 Å². The molecule has 0 unspecified atom stereocenters. The van der Waals surface area contributed by atoms with Gasteiger partial charge >= 0.3 is 0 Å². The van der Waals surface area contributed by atoms with Crippen LogP contribution < -0.4 is 10.1 Å². The second-order valence-corrected chi connectivity index (χ2v) is 8.33. The van der Waals surface area contributed by atoms with Gasteiger partial charge in [0.1, 0.15) is 6.17 Å². The third kappa shape index (κ3) is 4.60. The number of phenolic OH excluding ortho intramolecular Hbond substituents is 1. The minimum absolute atomic E-state index is 0.116. The molecule has 0 aromatic heterocycles. The maximum absolute atomic E-state index is 10.9. The van der Waals surface area contributed by atoms with Crippen molar-refractivity contribution >= 4 is 17.3 Å². The Bertz CT molecular complexity index is 1110. The van der Waals surface area contributed by atoms with Crippen LogP contribution in [0.25, 0.3) is 0 Å². The number of aromatic hydroxyl groups is 1. The monoisotopic (exact) mass is 434 g/mol. The first-order valence-electron chi connectivity index (χ1n) is 10.6. The Morgan fingerprint density at radius 3 is 2.55 bits per heavy atom. The minimum atomic E-state index is -0.222. The van der Waals surface area contributed by atoms with Crippen LogP contribution in [-0.4, -0.2) is 17.4 Å². The molecule has 31 heavy (non-hydrogen) atoms. The summed E-state index contributed by atoms with van der Waals surface area (Å²) in [5.74, 6) is 0.680. The van der Waals surface area contributed by atoms with Gasteiger partial charge in [0.05, 0.1) is 6.61 Å². The number of hydrogen-bond acceptors (Lipinski definition) is 4. The predicted molar refractivity (Wildman–Crippen MR) is 126 cm³/mol. The lowest BCUT2D eigenvalue weighted by molar-refractivity contribution is 0.313. The molecule has 0 amide bonds. The number of para-hydroxylation sites is 1. The van der Waals surface area contributed by atoms with Gasteiger partial charge in [-0.2, -0.15) is 0 Å². The van der Waals surface area contributed by atoms with Crippen LogP contribution in [0.3, 0.4) is 0 Å². The summed E-state index contributed by atoms with van der Waals surface area (Å²) in [7, 11) is 0.